The molecular formula is C15H17ClN2O2. The lowest BCUT2D eigenvalue weighted by atomic mass is 10.1. The minimum Gasteiger partial charge on any atom is -0.444 e. The van der Waals surface area contributed by atoms with E-state index >= 15 is 0 Å². The molecule has 106 valence electrons. The zero-order valence-electron chi connectivity index (χ0n) is 12.0. The average Bonchev–Trinajstić information content (AvgIpc) is 2.31. The number of anilines is 1. The van der Waals surface area contributed by atoms with Crippen LogP contribution in [-0.4, -0.2) is 16.7 Å². The minimum absolute atomic E-state index is 0.444. The number of amides is 1. The number of aromatic nitrogens is 1. The number of nitrogens with zero attached hydrogens (tertiary/aromatic N) is 1. The molecule has 0 unspecified atom stereocenters. The van der Waals surface area contributed by atoms with Crippen molar-refractivity contribution in [3.63, 3.8) is 0 Å². The summed E-state index contributed by atoms with van der Waals surface area (Å²) in [4.78, 5) is 16.0. The fourth-order valence-corrected chi connectivity index (χ4v) is 2.02. The fraction of sp³-hybridized carbons (Fsp3) is 0.333. The minimum atomic E-state index is -0.558. The van der Waals surface area contributed by atoms with E-state index in [4.69, 9.17) is 16.3 Å². The Morgan fingerprint density at radius 2 is 2.05 bits per heavy atom. The lowest BCUT2D eigenvalue weighted by Crippen LogP contribution is -2.27. The summed E-state index contributed by atoms with van der Waals surface area (Å²) >= 11 is 6.32. The fourth-order valence-electron chi connectivity index (χ4n) is 1.77. The largest absolute Gasteiger partial charge is 0.444 e. The van der Waals surface area contributed by atoms with Crippen LogP contribution in [0.5, 0.6) is 0 Å². The van der Waals surface area contributed by atoms with Gasteiger partial charge >= 0.3 is 6.09 Å². The molecule has 0 bridgehead atoms. The zero-order chi connectivity index (χ0) is 14.9. The van der Waals surface area contributed by atoms with E-state index < -0.39 is 11.7 Å². The number of benzene rings is 1. The van der Waals surface area contributed by atoms with Gasteiger partial charge in [-0.05, 0) is 39.8 Å². The van der Waals surface area contributed by atoms with Crippen LogP contribution in [0.25, 0.3) is 10.9 Å². The van der Waals surface area contributed by atoms with Gasteiger partial charge in [-0.1, -0.05) is 23.2 Å². The van der Waals surface area contributed by atoms with E-state index in [0.717, 1.165) is 16.5 Å². The highest BCUT2D eigenvalue weighted by Crippen LogP contribution is 2.30. The van der Waals surface area contributed by atoms with Crippen LogP contribution in [0.15, 0.2) is 24.4 Å². The van der Waals surface area contributed by atoms with Gasteiger partial charge in [0.25, 0.3) is 0 Å². The van der Waals surface area contributed by atoms with E-state index in [1.807, 2.05) is 25.1 Å². The van der Waals surface area contributed by atoms with Crippen molar-refractivity contribution in [3.8, 4) is 0 Å². The SMILES string of the molecule is Cc1ccc2ncc(NC(=O)OC(C)(C)C)c(Cl)c2c1. The first-order chi connectivity index (χ1) is 9.26. The molecule has 1 aromatic heterocycles. The molecule has 1 amide bonds. The first-order valence-electron chi connectivity index (χ1n) is 6.31. The van der Waals surface area contributed by atoms with Gasteiger partial charge in [0.05, 0.1) is 22.4 Å². The van der Waals surface area contributed by atoms with Gasteiger partial charge in [0.15, 0.2) is 0 Å². The highest BCUT2D eigenvalue weighted by Gasteiger charge is 2.17. The summed E-state index contributed by atoms with van der Waals surface area (Å²) in [5.74, 6) is 0. The molecule has 0 atom stereocenters. The molecule has 0 saturated carbocycles. The van der Waals surface area contributed by atoms with E-state index in [1.165, 1.54) is 6.20 Å². The van der Waals surface area contributed by atoms with Gasteiger partial charge in [-0.2, -0.15) is 0 Å². The molecular weight excluding hydrogens is 276 g/mol. The molecule has 0 aliphatic heterocycles. The second-order valence-corrected chi connectivity index (χ2v) is 6.01. The van der Waals surface area contributed by atoms with E-state index in [2.05, 4.69) is 10.3 Å². The Morgan fingerprint density at radius 1 is 1.35 bits per heavy atom. The van der Waals surface area contributed by atoms with Crippen molar-refractivity contribution in [2.75, 3.05) is 5.32 Å². The smallest absolute Gasteiger partial charge is 0.412 e. The summed E-state index contributed by atoms with van der Waals surface area (Å²) < 4.78 is 5.20. The van der Waals surface area contributed by atoms with Crippen molar-refractivity contribution in [2.24, 2.45) is 0 Å². The van der Waals surface area contributed by atoms with Crippen LogP contribution in [0, 0.1) is 6.92 Å². The van der Waals surface area contributed by atoms with Crippen LogP contribution in [0.4, 0.5) is 10.5 Å². The Morgan fingerprint density at radius 3 is 2.70 bits per heavy atom. The van der Waals surface area contributed by atoms with Crippen LogP contribution in [-0.2, 0) is 4.74 Å². The average molecular weight is 293 g/mol. The number of halogens is 1. The first kappa shape index (κ1) is 14.6. The van der Waals surface area contributed by atoms with Gasteiger partial charge in [-0.15, -0.1) is 0 Å². The molecule has 0 aliphatic carbocycles. The summed E-state index contributed by atoms with van der Waals surface area (Å²) in [6.45, 7) is 7.38. The first-order valence-corrected chi connectivity index (χ1v) is 6.69. The molecule has 4 nitrogen and oxygen atoms in total. The summed E-state index contributed by atoms with van der Waals surface area (Å²) in [6.07, 6.45) is 0.984. The Kier molecular flexibility index (Phi) is 3.86. The number of carbonyl (C=O) groups is 1. The molecule has 1 N–H and O–H groups in total. The number of pyridine rings is 1. The molecule has 2 aromatic rings. The standard InChI is InChI=1S/C15H17ClN2O2/c1-9-5-6-11-10(7-9)13(16)12(8-17-11)18-14(19)20-15(2,3)4/h5-8H,1-4H3,(H,18,19). The summed E-state index contributed by atoms with van der Waals surface area (Å²) in [5, 5.41) is 3.89. The second kappa shape index (κ2) is 5.29. The Labute approximate surface area is 123 Å². The number of hydrogen-bond acceptors (Lipinski definition) is 3. The van der Waals surface area contributed by atoms with Crippen LogP contribution in [0.2, 0.25) is 5.02 Å². The van der Waals surface area contributed by atoms with Crippen molar-refractivity contribution in [1.82, 2.24) is 4.98 Å². The third kappa shape index (κ3) is 3.39. The van der Waals surface area contributed by atoms with Crippen LogP contribution < -0.4 is 5.32 Å². The molecule has 0 saturated heterocycles. The predicted molar refractivity (Wildman–Crippen MR) is 81.3 cm³/mol. The molecule has 0 fully saturated rings. The normalized spacial score (nSPS) is 11.4. The third-order valence-corrected chi connectivity index (χ3v) is 3.00. The lowest BCUT2D eigenvalue weighted by Gasteiger charge is -2.20. The van der Waals surface area contributed by atoms with Crippen molar-refractivity contribution in [3.05, 3.63) is 35.0 Å². The van der Waals surface area contributed by atoms with Gasteiger partial charge in [-0.25, -0.2) is 4.79 Å². The number of fused-ring (bicyclic) bond motifs is 1. The number of rotatable bonds is 1. The highest BCUT2D eigenvalue weighted by molar-refractivity contribution is 6.38. The number of nitrogens with one attached hydrogen (secondary N) is 1. The monoisotopic (exact) mass is 292 g/mol. The van der Waals surface area contributed by atoms with Gasteiger partial charge in [0.2, 0.25) is 0 Å². The number of hydrogen-bond donors (Lipinski definition) is 1. The highest BCUT2D eigenvalue weighted by atomic mass is 35.5. The second-order valence-electron chi connectivity index (χ2n) is 5.63. The summed E-state index contributed by atoms with van der Waals surface area (Å²) in [5.41, 5.74) is 1.75. The molecule has 1 heterocycles. The molecule has 5 heteroatoms. The van der Waals surface area contributed by atoms with E-state index in [0.29, 0.717) is 10.7 Å². The predicted octanol–water partition coefficient (Wildman–Crippen LogP) is 4.54. The quantitative estimate of drug-likeness (QED) is 0.839. The van der Waals surface area contributed by atoms with Crippen LogP contribution in [0.3, 0.4) is 0 Å². The van der Waals surface area contributed by atoms with Gasteiger partial charge in [0.1, 0.15) is 5.60 Å². The molecule has 0 radical (unpaired) electrons. The van der Waals surface area contributed by atoms with Crippen molar-refractivity contribution in [1.29, 1.82) is 0 Å². The Hall–Kier alpha value is -1.81. The van der Waals surface area contributed by atoms with Crippen LogP contribution >= 0.6 is 11.6 Å². The lowest BCUT2D eigenvalue weighted by molar-refractivity contribution is 0.0636. The Balaban J connectivity index is 2.31. The van der Waals surface area contributed by atoms with E-state index in [-0.39, 0.29) is 0 Å². The zero-order valence-corrected chi connectivity index (χ0v) is 12.7. The third-order valence-electron chi connectivity index (χ3n) is 2.59. The summed E-state index contributed by atoms with van der Waals surface area (Å²) in [7, 11) is 0. The van der Waals surface area contributed by atoms with Crippen molar-refractivity contribution in [2.45, 2.75) is 33.3 Å². The van der Waals surface area contributed by atoms with Gasteiger partial charge in [0, 0.05) is 5.39 Å². The van der Waals surface area contributed by atoms with Gasteiger partial charge in [-0.3, -0.25) is 10.3 Å². The molecule has 1 aromatic carbocycles. The maximum Gasteiger partial charge on any atom is 0.412 e. The van der Waals surface area contributed by atoms with Crippen molar-refractivity contribution >= 4 is 34.3 Å². The maximum atomic E-state index is 11.8. The topological polar surface area (TPSA) is 51.2 Å². The van der Waals surface area contributed by atoms with Crippen LogP contribution in [0.1, 0.15) is 26.3 Å². The number of carbonyl (C=O) groups excluding carboxylic acids is 1. The summed E-state index contributed by atoms with van der Waals surface area (Å²) in [6, 6.07) is 5.80. The number of ether oxygens (including phenoxy) is 1. The molecule has 20 heavy (non-hydrogen) atoms. The van der Waals surface area contributed by atoms with E-state index in [1.54, 1.807) is 20.8 Å². The van der Waals surface area contributed by atoms with Crippen molar-refractivity contribution < 1.29 is 9.53 Å². The molecule has 2 rings (SSSR count). The number of aryl methyl sites for hydroxylation is 1. The molecule has 0 spiro atoms. The van der Waals surface area contributed by atoms with E-state index in [9.17, 15) is 4.79 Å². The molecule has 0 aliphatic rings. The van der Waals surface area contributed by atoms with Gasteiger partial charge < -0.3 is 4.74 Å². The maximum absolute atomic E-state index is 11.8. The Bertz CT molecular complexity index is 663.